The molecule has 5 nitrogen and oxygen atoms in total. The molecule has 0 aliphatic carbocycles. The lowest BCUT2D eigenvalue weighted by Gasteiger charge is -2.31. The fourth-order valence-corrected chi connectivity index (χ4v) is 4.50. The minimum absolute atomic E-state index is 0.0164. The first-order chi connectivity index (χ1) is 13.6. The van der Waals surface area contributed by atoms with E-state index < -0.39 is 0 Å². The molecule has 150 valence electrons. The van der Waals surface area contributed by atoms with Crippen molar-refractivity contribution in [2.45, 2.75) is 45.1 Å². The van der Waals surface area contributed by atoms with Gasteiger partial charge in [-0.25, -0.2) is 0 Å². The van der Waals surface area contributed by atoms with Gasteiger partial charge in [-0.2, -0.15) is 0 Å². The molecule has 1 aromatic heterocycles. The Labute approximate surface area is 171 Å². The monoisotopic (exact) mass is 401 g/mol. The van der Waals surface area contributed by atoms with Gasteiger partial charge in [-0.1, -0.05) is 35.8 Å². The van der Waals surface area contributed by atoms with Crippen LogP contribution in [0.1, 0.15) is 60.3 Å². The molecule has 2 aliphatic rings. The van der Waals surface area contributed by atoms with Crippen molar-refractivity contribution >= 4 is 17.5 Å². The normalized spacial score (nSPS) is 21.8. The Kier molecular flexibility index (Phi) is 6.02. The Balaban J connectivity index is 1.38. The summed E-state index contributed by atoms with van der Waals surface area (Å²) in [6, 6.07) is 9.91. The van der Waals surface area contributed by atoms with E-state index in [-0.39, 0.29) is 5.91 Å². The summed E-state index contributed by atoms with van der Waals surface area (Å²) in [4.78, 5) is 17.0. The fraction of sp³-hybridized carbons (Fsp3) is 0.545. The average molecular weight is 402 g/mol. The van der Waals surface area contributed by atoms with E-state index in [1.54, 1.807) is 0 Å². The number of likely N-dealkylation sites (tertiary alicyclic amines) is 2. The molecule has 0 saturated carbocycles. The molecule has 6 heteroatoms. The van der Waals surface area contributed by atoms with Gasteiger partial charge in [-0.05, 0) is 55.8 Å². The highest BCUT2D eigenvalue weighted by atomic mass is 35.5. The van der Waals surface area contributed by atoms with Crippen LogP contribution in [0.3, 0.4) is 0 Å². The standard InChI is InChI=1S/C22H28ClN3O2/c1-16-7-10-26(11-8-16)22(27)21-13-20(24-28-21)18-5-3-9-25(15-18)14-17-4-2-6-19(23)12-17/h2,4,6,12-13,16,18H,3,5,7-11,14-15H2,1H3. The number of carbonyl (C=O) groups is 1. The van der Waals surface area contributed by atoms with E-state index >= 15 is 0 Å². The maximum Gasteiger partial charge on any atom is 0.292 e. The lowest BCUT2D eigenvalue weighted by atomic mass is 9.94. The van der Waals surface area contributed by atoms with Gasteiger partial charge in [0, 0.05) is 43.2 Å². The first-order valence-corrected chi connectivity index (χ1v) is 10.7. The van der Waals surface area contributed by atoms with Crippen molar-refractivity contribution in [2.75, 3.05) is 26.2 Å². The number of nitrogens with zero attached hydrogens (tertiary/aromatic N) is 3. The zero-order chi connectivity index (χ0) is 19.5. The van der Waals surface area contributed by atoms with Crippen LogP contribution in [0.5, 0.6) is 0 Å². The Bertz CT molecular complexity index is 814. The number of hydrogen-bond donors (Lipinski definition) is 0. The Morgan fingerprint density at radius 3 is 2.82 bits per heavy atom. The highest BCUT2D eigenvalue weighted by molar-refractivity contribution is 6.30. The lowest BCUT2D eigenvalue weighted by Crippen LogP contribution is -2.37. The third-order valence-electron chi connectivity index (χ3n) is 6.03. The van der Waals surface area contributed by atoms with Crippen molar-refractivity contribution in [1.82, 2.24) is 15.0 Å². The summed E-state index contributed by atoms with van der Waals surface area (Å²) in [5.41, 5.74) is 2.13. The molecule has 0 spiro atoms. The topological polar surface area (TPSA) is 49.6 Å². The number of aromatic nitrogens is 1. The number of carbonyl (C=O) groups excluding carboxylic acids is 1. The Morgan fingerprint density at radius 2 is 2.04 bits per heavy atom. The number of benzene rings is 1. The van der Waals surface area contributed by atoms with Crippen LogP contribution in [0.25, 0.3) is 0 Å². The van der Waals surface area contributed by atoms with Crippen LogP contribution in [0.15, 0.2) is 34.9 Å². The maximum absolute atomic E-state index is 12.7. The van der Waals surface area contributed by atoms with Crippen molar-refractivity contribution < 1.29 is 9.32 Å². The van der Waals surface area contributed by atoms with Crippen molar-refractivity contribution in [3.05, 3.63) is 52.4 Å². The second-order valence-electron chi connectivity index (χ2n) is 8.29. The van der Waals surface area contributed by atoms with Gasteiger partial charge in [-0.3, -0.25) is 9.69 Å². The number of amides is 1. The molecular formula is C22H28ClN3O2. The quantitative estimate of drug-likeness (QED) is 0.752. The molecule has 0 radical (unpaired) electrons. The van der Waals surface area contributed by atoms with Gasteiger partial charge >= 0.3 is 0 Å². The van der Waals surface area contributed by atoms with Gasteiger partial charge < -0.3 is 9.42 Å². The van der Waals surface area contributed by atoms with Gasteiger partial charge in [0.25, 0.3) is 5.91 Å². The molecule has 3 heterocycles. The fourth-order valence-electron chi connectivity index (χ4n) is 4.28. The summed E-state index contributed by atoms with van der Waals surface area (Å²) < 4.78 is 5.45. The van der Waals surface area contributed by atoms with Crippen molar-refractivity contribution in [3.63, 3.8) is 0 Å². The smallest absolute Gasteiger partial charge is 0.292 e. The summed E-state index contributed by atoms with van der Waals surface area (Å²) >= 11 is 6.11. The summed E-state index contributed by atoms with van der Waals surface area (Å²) in [6.45, 7) is 6.74. The molecule has 4 rings (SSSR count). The second-order valence-corrected chi connectivity index (χ2v) is 8.73. The summed E-state index contributed by atoms with van der Waals surface area (Å²) in [5.74, 6) is 1.37. The predicted octanol–water partition coefficient (Wildman–Crippen LogP) is 4.58. The van der Waals surface area contributed by atoms with Crippen molar-refractivity contribution in [1.29, 1.82) is 0 Å². The summed E-state index contributed by atoms with van der Waals surface area (Å²) in [6.07, 6.45) is 4.32. The third kappa shape index (κ3) is 4.58. The van der Waals surface area contributed by atoms with Gasteiger partial charge in [0.15, 0.2) is 0 Å². The molecule has 2 saturated heterocycles. The molecular weight excluding hydrogens is 374 g/mol. The minimum Gasteiger partial charge on any atom is -0.351 e. The number of rotatable bonds is 4. The molecule has 0 N–H and O–H groups in total. The highest BCUT2D eigenvalue weighted by Gasteiger charge is 2.28. The van der Waals surface area contributed by atoms with E-state index in [1.165, 1.54) is 5.56 Å². The van der Waals surface area contributed by atoms with Gasteiger partial charge in [0.1, 0.15) is 0 Å². The van der Waals surface area contributed by atoms with E-state index in [0.717, 1.165) is 69.1 Å². The predicted molar refractivity (Wildman–Crippen MR) is 110 cm³/mol. The van der Waals surface area contributed by atoms with Crippen molar-refractivity contribution in [2.24, 2.45) is 5.92 Å². The SMILES string of the molecule is CC1CCN(C(=O)c2cc(C3CCCN(Cc4cccc(Cl)c4)C3)no2)CC1. The molecule has 0 bridgehead atoms. The first kappa shape index (κ1) is 19.5. The van der Waals surface area contributed by atoms with Crippen LogP contribution in [0.2, 0.25) is 5.02 Å². The average Bonchev–Trinajstić information content (AvgIpc) is 3.19. The second kappa shape index (κ2) is 8.66. The third-order valence-corrected chi connectivity index (χ3v) is 6.26. The zero-order valence-electron chi connectivity index (χ0n) is 16.4. The van der Waals surface area contributed by atoms with E-state index in [0.29, 0.717) is 17.6 Å². The minimum atomic E-state index is -0.0164. The van der Waals surface area contributed by atoms with Crippen LogP contribution in [0, 0.1) is 5.92 Å². The molecule has 1 amide bonds. The van der Waals surface area contributed by atoms with E-state index in [9.17, 15) is 4.79 Å². The molecule has 1 aromatic carbocycles. The van der Waals surface area contributed by atoms with E-state index in [4.69, 9.17) is 16.1 Å². The van der Waals surface area contributed by atoms with Gasteiger partial charge in [0.05, 0.1) is 5.69 Å². The first-order valence-electron chi connectivity index (χ1n) is 10.3. The van der Waals surface area contributed by atoms with Crippen LogP contribution < -0.4 is 0 Å². The Morgan fingerprint density at radius 1 is 1.21 bits per heavy atom. The molecule has 1 unspecified atom stereocenters. The number of halogens is 1. The lowest BCUT2D eigenvalue weighted by molar-refractivity contribution is 0.0655. The Hall–Kier alpha value is -1.85. The largest absolute Gasteiger partial charge is 0.351 e. The van der Waals surface area contributed by atoms with Gasteiger partial charge in [0.2, 0.25) is 5.76 Å². The zero-order valence-corrected chi connectivity index (χ0v) is 17.2. The van der Waals surface area contributed by atoms with Crippen LogP contribution in [0.4, 0.5) is 0 Å². The summed E-state index contributed by atoms with van der Waals surface area (Å²) in [7, 11) is 0. The van der Waals surface area contributed by atoms with Crippen LogP contribution in [-0.2, 0) is 6.54 Å². The van der Waals surface area contributed by atoms with Crippen molar-refractivity contribution in [3.8, 4) is 0 Å². The molecule has 2 aromatic rings. The number of piperidine rings is 2. The van der Waals surface area contributed by atoms with E-state index in [2.05, 4.69) is 23.0 Å². The van der Waals surface area contributed by atoms with Crippen LogP contribution >= 0.6 is 11.6 Å². The molecule has 1 atom stereocenters. The molecule has 2 aliphatic heterocycles. The summed E-state index contributed by atoms with van der Waals surface area (Å²) in [5, 5.41) is 5.03. The molecule has 2 fully saturated rings. The number of hydrogen-bond acceptors (Lipinski definition) is 4. The van der Waals surface area contributed by atoms with Crippen LogP contribution in [-0.4, -0.2) is 47.0 Å². The van der Waals surface area contributed by atoms with E-state index in [1.807, 2.05) is 29.2 Å². The maximum atomic E-state index is 12.7. The molecule has 28 heavy (non-hydrogen) atoms. The highest BCUT2D eigenvalue weighted by Crippen LogP contribution is 2.28. The van der Waals surface area contributed by atoms with Gasteiger partial charge in [-0.15, -0.1) is 0 Å².